The van der Waals surface area contributed by atoms with Gasteiger partial charge in [0.1, 0.15) is 17.7 Å². The van der Waals surface area contributed by atoms with Crippen LogP contribution in [0.2, 0.25) is 0 Å². The first kappa shape index (κ1) is 19.6. The molecule has 4 atom stereocenters. The number of ether oxygens (including phenoxy) is 1. The average molecular weight is 380 g/mol. The number of halogens is 2. The smallest absolute Gasteiger partial charge is 0.410 e. The number of carbonyl (C=O) groups is 2. The Morgan fingerprint density at radius 2 is 2.04 bits per heavy atom. The van der Waals surface area contributed by atoms with Gasteiger partial charge in [-0.05, 0) is 42.9 Å². The van der Waals surface area contributed by atoms with Crippen molar-refractivity contribution in [2.45, 2.75) is 64.1 Å². The van der Waals surface area contributed by atoms with Crippen molar-refractivity contribution in [3.8, 4) is 0 Å². The Morgan fingerprint density at radius 3 is 2.67 bits per heavy atom. The number of carbonyl (C=O) groups excluding carboxylic acids is 2. The summed E-state index contributed by atoms with van der Waals surface area (Å²) in [5.74, 6) is -1.10. The Hall–Kier alpha value is -2.18. The number of rotatable bonds is 6. The zero-order chi connectivity index (χ0) is 19.6. The van der Waals surface area contributed by atoms with Gasteiger partial charge in [0, 0.05) is 19.5 Å². The molecule has 2 aliphatic rings. The van der Waals surface area contributed by atoms with Crippen molar-refractivity contribution in [1.82, 2.24) is 10.2 Å². The van der Waals surface area contributed by atoms with Gasteiger partial charge in [-0.25, -0.2) is 13.6 Å². The predicted molar refractivity (Wildman–Crippen MR) is 96.1 cm³/mol. The lowest BCUT2D eigenvalue weighted by Gasteiger charge is -2.36. The quantitative estimate of drug-likeness (QED) is 0.823. The minimum atomic E-state index is -0.669. The van der Waals surface area contributed by atoms with E-state index < -0.39 is 23.8 Å². The maximum Gasteiger partial charge on any atom is 0.410 e. The summed E-state index contributed by atoms with van der Waals surface area (Å²) in [4.78, 5) is 25.8. The second-order valence-electron chi connectivity index (χ2n) is 7.58. The minimum absolute atomic E-state index is 0.127. The van der Waals surface area contributed by atoms with Crippen molar-refractivity contribution >= 4 is 12.0 Å². The Morgan fingerprint density at radius 1 is 1.33 bits per heavy atom. The van der Waals surface area contributed by atoms with E-state index >= 15 is 0 Å². The fraction of sp³-hybridized carbons (Fsp3) is 0.600. The molecule has 2 fully saturated rings. The molecular weight excluding hydrogens is 354 g/mol. The van der Waals surface area contributed by atoms with E-state index in [0.29, 0.717) is 18.0 Å². The van der Waals surface area contributed by atoms with E-state index in [1.807, 2.05) is 0 Å². The zero-order valence-corrected chi connectivity index (χ0v) is 15.7. The summed E-state index contributed by atoms with van der Waals surface area (Å²) in [7, 11) is 0. The number of hydrogen-bond acceptors (Lipinski definition) is 3. The van der Waals surface area contributed by atoms with Crippen LogP contribution in [0.25, 0.3) is 0 Å². The van der Waals surface area contributed by atoms with Gasteiger partial charge in [-0.1, -0.05) is 19.8 Å². The SMILES string of the molecule is CCCC1CCN2C(=O)OC(C(Cc3cc(F)cc(F)c3)NC(C)=O)C2C1. The summed E-state index contributed by atoms with van der Waals surface area (Å²) in [6.45, 7) is 4.17. The van der Waals surface area contributed by atoms with E-state index in [0.717, 1.165) is 31.7 Å². The Bertz CT molecular complexity index is 692. The van der Waals surface area contributed by atoms with E-state index in [-0.39, 0.29) is 24.5 Å². The van der Waals surface area contributed by atoms with Crippen LogP contribution in [0.4, 0.5) is 13.6 Å². The summed E-state index contributed by atoms with van der Waals surface area (Å²) in [6.07, 6.45) is 3.21. The number of cyclic esters (lactones) is 1. The first-order valence-electron chi connectivity index (χ1n) is 9.56. The molecule has 2 heterocycles. The average Bonchev–Trinajstić information content (AvgIpc) is 2.90. The molecule has 0 spiro atoms. The van der Waals surface area contributed by atoms with Gasteiger partial charge in [-0.2, -0.15) is 0 Å². The highest BCUT2D eigenvalue weighted by Crippen LogP contribution is 2.35. The van der Waals surface area contributed by atoms with Crippen molar-refractivity contribution in [2.75, 3.05) is 6.54 Å². The third-order valence-electron chi connectivity index (χ3n) is 5.46. The van der Waals surface area contributed by atoms with Crippen molar-refractivity contribution in [3.63, 3.8) is 0 Å². The summed E-state index contributed by atoms with van der Waals surface area (Å²) in [5, 5.41) is 2.82. The molecule has 0 saturated carbocycles. The number of nitrogens with one attached hydrogen (secondary N) is 1. The van der Waals surface area contributed by atoms with Crippen molar-refractivity contribution in [3.05, 3.63) is 35.4 Å². The number of amides is 2. The van der Waals surface area contributed by atoms with Crippen LogP contribution in [0.1, 0.15) is 45.1 Å². The second-order valence-corrected chi connectivity index (χ2v) is 7.58. The standard InChI is InChI=1S/C20H26F2N2O3/c1-3-4-13-5-6-24-18(10-13)19(27-20(24)26)17(23-12(2)25)9-14-7-15(21)11-16(22)8-14/h7-8,11,13,17-19H,3-6,9-10H2,1-2H3,(H,23,25). The van der Waals surface area contributed by atoms with Gasteiger partial charge in [0.25, 0.3) is 0 Å². The van der Waals surface area contributed by atoms with Crippen LogP contribution in [0.3, 0.4) is 0 Å². The van der Waals surface area contributed by atoms with E-state index in [4.69, 9.17) is 4.74 Å². The summed E-state index contributed by atoms with van der Waals surface area (Å²) < 4.78 is 32.7. The van der Waals surface area contributed by atoms with Crippen LogP contribution in [0.15, 0.2) is 18.2 Å². The molecule has 0 bridgehead atoms. The molecule has 0 radical (unpaired) electrons. The summed E-state index contributed by atoms with van der Waals surface area (Å²) in [5.41, 5.74) is 0.418. The van der Waals surface area contributed by atoms with Crippen molar-refractivity contribution in [1.29, 1.82) is 0 Å². The zero-order valence-electron chi connectivity index (χ0n) is 15.7. The molecule has 1 N–H and O–H groups in total. The maximum atomic E-state index is 13.6. The molecule has 27 heavy (non-hydrogen) atoms. The molecule has 148 valence electrons. The molecule has 5 nitrogen and oxygen atoms in total. The number of piperidine rings is 1. The van der Waals surface area contributed by atoms with Gasteiger partial charge in [0.05, 0.1) is 12.1 Å². The molecular formula is C20H26F2N2O3. The predicted octanol–water partition coefficient (Wildman–Crippen LogP) is 3.41. The normalized spacial score (nSPS) is 25.7. The lowest BCUT2D eigenvalue weighted by Crippen LogP contribution is -2.52. The van der Waals surface area contributed by atoms with Gasteiger partial charge in [-0.3, -0.25) is 4.79 Å². The molecule has 4 unspecified atom stereocenters. The molecule has 2 saturated heterocycles. The minimum Gasteiger partial charge on any atom is -0.442 e. The highest BCUT2D eigenvalue weighted by Gasteiger charge is 2.48. The molecule has 0 aliphatic carbocycles. The molecule has 2 aliphatic heterocycles. The fourth-order valence-electron chi connectivity index (χ4n) is 4.39. The Kier molecular flexibility index (Phi) is 5.97. The van der Waals surface area contributed by atoms with Crippen LogP contribution in [-0.2, 0) is 16.0 Å². The fourth-order valence-corrected chi connectivity index (χ4v) is 4.39. The highest BCUT2D eigenvalue weighted by atomic mass is 19.1. The Balaban J connectivity index is 1.82. The first-order chi connectivity index (χ1) is 12.9. The summed E-state index contributed by atoms with van der Waals surface area (Å²) in [6, 6.07) is 2.63. The molecule has 1 aromatic carbocycles. The maximum absolute atomic E-state index is 13.6. The monoisotopic (exact) mass is 380 g/mol. The lowest BCUT2D eigenvalue weighted by atomic mass is 9.83. The Labute approximate surface area is 158 Å². The van der Waals surface area contributed by atoms with Crippen molar-refractivity contribution in [2.24, 2.45) is 5.92 Å². The topological polar surface area (TPSA) is 58.6 Å². The largest absolute Gasteiger partial charge is 0.442 e. The van der Waals surface area contributed by atoms with Gasteiger partial charge in [0.15, 0.2) is 0 Å². The molecule has 7 heteroatoms. The molecule has 2 amide bonds. The highest BCUT2D eigenvalue weighted by molar-refractivity contribution is 5.74. The van der Waals surface area contributed by atoms with Crippen LogP contribution in [0.5, 0.6) is 0 Å². The van der Waals surface area contributed by atoms with Gasteiger partial charge >= 0.3 is 6.09 Å². The van der Waals surface area contributed by atoms with Gasteiger partial charge in [0.2, 0.25) is 5.91 Å². The van der Waals surface area contributed by atoms with Gasteiger partial charge < -0.3 is 15.0 Å². The third kappa shape index (κ3) is 4.57. The van der Waals surface area contributed by atoms with Crippen LogP contribution >= 0.6 is 0 Å². The second kappa shape index (κ2) is 8.23. The van der Waals surface area contributed by atoms with Crippen LogP contribution in [-0.4, -0.2) is 41.6 Å². The van der Waals surface area contributed by atoms with E-state index in [1.165, 1.54) is 19.1 Å². The van der Waals surface area contributed by atoms with Crippen LogP contribution in [0, 0.1) is 17.6 Å². The number of benzene rings is 1. The van der Waals surface area contributed by atoms with E-state index in [2.05, 4.69) is 12.2 Å². The van der Waals surface area contributed by atoms with Crippen LogP contribution < -0.4 is 5.32 Å². The van der Waals surface area contributed by atoms with E-state index in [1.54, 1.807) is 4.90 Å². The van der Waals surface area contributed by atoms with Crippen molar-refractivity contribution < 1.29 is 23.1 Å². The lowest BCUT2D eigenvalue weighted by molar-refractivity contribution is -0.120. The molecule has 3 rings (SSSR count). The van der Waals surface area contributed by atoms with E-state index in [9.17, 15) is 18.4 Å². The number of nitrogens with zero attached hydrogens (tertiary/aromatic N) is 1. The molecule has 1 aromatic rings. The third-order valence-corrected chi connectivity index (χ3v) is 5.46. The summed E-state index contributed by atoms with van der Waals surface area (Å²) >= 11 is 0. The first-order valence-corrected chi connectivity index (χ1v) is 9.56. The molecule has 0 aromatic heterocycles. The number of hydrogen-bond donors (Lipinski definition) is 1. The van der Waals surface area contributed by atoms with Gasteiger partial charge in [-0.15, -0.1) is 0 Å². The number of fused-ring (bicyclic) bond motifs is 1.